The van der Waals surface area contributed by atoms with Crippen LogP contribution in [0.2, 0.25) is 0 Å². The average molecular weight is 428 g/mol. The zero-order chi connectivity index (χ0) is 23.0. The molecule has 1 unspecified atom stereocenters. The number of nitrogens with one attached hydrogen (secondary N) is 3. The Hall–Kier alpha value is -3.69. The van der Waals surface area contributed by atoms with Crippen molar-refractivity contribution in [2.75, 3.05) is 5.84 Å². The summed E-state index contributed by atoms with van der Waals surface area (Å²) < 4.78 is 1.24. The van der Waals surface area contributed by atoms with Crippen LogP contribution in [0.4, 0.5) is 0 Å². The van der Waals surface area contributed by atoms with Crippen LogP contribution in [0.25, 0.3) is 0 Å². The molecular weight excluding hydrogens is 400 g/mol. The summed E-state index contributed by atoms with van der Waals surface area (Å²) in [6, 6.07) is 4.94. The Labute approximate surface area is 180 Å². The van der Waals surface area contributed by atoms with Crippen molar-refractivity contribution in [3.8, 4) is 0 Å². The molecule has 0 fully saturated rings. The predicted molar refractivity (Wildman–Crippen MR) is 114 cm³/mol. The Morgan fingerprint density at radius 1 is 1.06 bits per heavy atom. The van der Waals surface area contributed by atoms with Crippen LogP contribution in [0.5, 0.6) is 0 Å². The molecule has 2 aromatic rings. The van der Waals surface area contributed by atoms with Crippen molar-refractivity contribution >= 4 is 24.0 Å². The van der Waals surface area contributed by atoms with E-state index in [1.54, 1.807) is 0 Å². The van der Waals surface area contributed by atoms with Gasteiger partial charge in [0.2, 0.25) is 17.7 Å². The van der Waals surface area contributed by atoms with Gasteiger partial charge in [-0.3, -0.25) is 19.1 Å². The van der Waals surface area contributed by atoms with Crippen LogP contribution in [0, 0.1) is 6.92 Å². The van der Waals surface area contributed by atoms with Crippen LogP contribution in [-0.2, 0) is 32.0 Å². The number of aldehydes is 1. The van der Waals surface area contributed by atoms with Gasteiger partial charge in [0, 0.05) is 19.8 Å². The normalized spacial score (nSPS) is 13.5. The van der Waals surface area contributed by atoms with Crippen molar-refractivity contribution in [2.45, 2.75) is 51.7 Å². The number of carbonyl (C=O) groups excluding carboxylic acids is 4. The highest BCUT2D eigenvalue weighted by Gasteiger charge is 2.28. The summed E-state index contributed by atoms with van der Waals surface area (Å²) >= 11 is 0. The van der Waals surface area contributed by atoms with Crippen LogP contribution in [-0.4, -0.2) is 51.8 Å². The summed E-state index contributed by atoms with van der Waals surface area (Å²) in [5.41, 5.74) is 2.44. The van der Waals surface area contributed by atoms with Crippen molar-refractivity contribution in [3.05, 3.63) is 53.6 Å². The second-order valence-electron chi connectivity index (χ2n) is 7.43. The molecule has 0 spiro atoms. The van der Waals surface area contributed by atoms with Gasteiger partial charge in [-0.25, -0.2) is 4.98 Å². The third kappa shape index (κ3) is 7.25. The average Bonchev–Trinajstić information content (AvgIpc) is 3.12. The zero-order valence-corrected chi connectivity index (χ0v) is 17.8. The van der Waals surface area contributed by atoms with E-state index in [9.17, 15) is 19.2 Å². The minimum Gasteiger partial charge on any atom is -0.345 e. The van der Waals surface area contributed by atoms with Gasteiger partial charge in [0.25, 0.3) is 0 Å². The van der Waals surface area contributed by atoms with Crippen LogP contribution in [0.1, 0.15) is 30.7 Å². The van der Waals surface area contributed by atoms with E-state index < -0.39 is 29.9 Å². The molecular formula is C21H28N6O4. The van der Waals surface area contributed by atoms with Crippen molar-refractivity contribution in [2.24, 2.45) is 0 Å². The first-order valence-corrected chi connectivity index (χ1v) is 9.84. The van der Waals surface area contributed by atoms with Gasteiger partial charge in [0.05, 0.1) is 17.9 Å². The van der Waals surface area contributed by atoms with Gasteiger partial charge >= 0.3 is 0 Å². The number of hydrogen-bond donors (Lipinski definition) is 4. The Morgan fingerprint density at radius 3 is 2.23 bits per heavy atom. The molecule has 0 aliphatic carbocycles. The monoisotopic (exact) mass is 428 g/mol. The zero-order valence-electron chi connectivity index (χ0n) is 17.8. The van der Waals surface area contributed by atoms with Crippen LogP contribution >= 0.6 is 0 Å². The van der Waals surface area contributed by atoms with E-state index in [0.29, 0.717) is 12.0 Å². The lowest BCUT2D eigenvalue weighted by atomic mass is 10.0. The maximum atomic E-state index is 13.0. The van der Waals surface area contributed by atoms with E-state index >= 15 is 0 Å². The molecule has 2 rings (SSSR count). The van der Waals surface area contributed by atoms with Crippen molar-refractivity contribution in [3.63, 3.8) is 0 Å². The smallest absolute Gasteiger partial charge is 0.243 e. The molecule has 0 saturated heterocycles. The summed E-state index contributed by atoms with van der Waals surface area (Å²) in [7, 11) is 0. The number of nitrogen functional groups attached to an aromatic ring is 1. The molecule has 10 nitrogen and oxygen atoms in total. The van der Waals surface area contributed by atoms with E-state index in [1.165, 1.54) is 31.0 Å². The lowest BCUT2D eigenvalue weighted by molar-refractivity contribution is -0.132. The number of amides is 3. The van der Waals surface area contributed by atoms with E-state index in [0.717, 1.165) is 11.1 Å². The Kier molecular flexibility index (Phi) is 8.30. The Bertz CT molecular complexity index is 924. The molecule has 0 saturated carbocycles. The van der Waals surface area contributed by atoms with Gasteiger partial charge in [0.15, 0.2) is 0 Å². The van der Waals surface area contributed by atoms with Gasteiger partial charge in [-0.15, -0.1) is 0 Å². The number of benzene rings is 1. The molecule has 0 aliphatic rings. The number of hydrogen-bond acceptors (Lipinski definition) is 6. The van der Waals surface area contributed by atoms with Gasteiger partial charge in [-0.2, -0.15) is 0 Å². The van der Waals surface area contributed by atoms with Gasteiger partial charge in [0.1, 0.15) is 24.7 Å². The second kappa shape index (κ2) is 10.9. The Balaban J connectivity index is 2.20. The van der Waals surface area contributed by atoms with Crippen molar-refractivity contribution in [1.82, 2.24) is 25.6 Å². The predicted octanol–water partition coefficient (Wildman–Crippen LogP) is -0.616. The molecule has 166 valence electrons. The third-order valence-corrected chi connectivity index (χ3v) is 4.62. The first-order valence-electron chi connectivity index (χ1n) is 9.84. The topological polar surface area (TPSA) is 148 Å². The maximum absolute atomic E-state index is 13.0. The highest BCUT2D eigenvalue weighted by atomic mass is 16.2. The molecule has 10 heteroatoms. The lowest BCUT2D eigenvalue weighted by Crippen LogP contribution is -2.56. The molecule has 1 aromatic carbocycles. The molecule has 3 amide bonds. The van der Waals surface area contributed by atoms with Gasteiger partial charge in [-0.05, 0) is 19.4 Å². The molecule has 1 aromatic heterocycles. The fraction of sp³-hybridized carbons (Fsp3) is 0.381. The number of nitrogens with two attached hydrogens (primary N) is 1. The van der Waals surface area contributed by atoms with E-state index in [1.807, 2.05) is 31.2 Å². The molecule has 5 N–H and O–H groups in total. The fourth-order valence-corrected chi connectivity index (χ4v) is 2.95. The van der Waals surface area contributed by atoms with E-state index in [4.69, 9.17) is 5.84 Å². The highest BCUT2D eigenvalue weighted by Crippen LogP contribution is 2.08. The second-order valence-corrected chi connectivity index (χ2v) is 7.43. The summed E-state index contributed by atoms with van der Waals surface area (Å²) in [6.07, 6.45) is 3.74. The Morgan fingerprint density at radius 2 is 1.68 bits per heavy atom. The van der Waals surface area contributed by atoms with E-state index in [2.05, 4.69) is 20.9 Å². The molecule has 0 aliphatic heterocycles. The summed E-state index contributed by atoms with van der Waals surface area (Å²) in [4.78, 5) is 52.2. The maximum Gasteiger partial charge on any atom is 0.243 e. The number of aromatic nitrogens is 2. The minimum absolute atomic E-state index is 0.0526. The quantitative estimate of drug-likeness (QED) is 0.293. The lowest BCUT2D eigenvalue weighted by Gasteiger charge is -2.23. The molecule has 0 radical (unpaired) electrons. The largest absolute Gasteiger partial charge is 0.345 e. The molecule has 31 heavy (non-hydrogen) atoms. The van der Waals surface area contributed by atoms with E-state index in [-0.39, 0.29) is 18.7 Å². The standard InChI is InChI=1S/C21H28N6O4/c1-13-4-6-16(7-5-13)8-18(25-15(3)29)21(31)26-19(20(30)24-14(2)11-28)9-17-10-23-12-27(17)22/h4-7,10-12,14,18-19H,8-9,22H2,1-3H3,(H,24,30)(H,25,29)(H,26,31)/t14-,18-,19?/m0/s1. The first-order chi connectivity index (χ1) is 14.7. The number of nitrogens with zero attached hydrogens (tertiary/aromatic N) is 2. The highest BCUT2D eigenvalue weighted by molar-refractivity contribution is 5.92. The summed E-state index contributed by atoms with van der Waals surface area (Å²) in [5, 5.41) is 7.82. The van der Waals surface area contributed by atoms with Gasteiger partial charge in [-0.1, -0.05) is 29.8 Å². The molecule has 1 heterocycles. The third-order valence-electron chi connectivity index (χ3n) is 4.62. The van der Waals surface area contributed by atoms with Crippen molar-refractivity contribution < 1.29 is 19.2 Å². The first kappa shape index (κ1) is 23.6. The summed E-state index contributed by atoms with van der Waals surface area (Å²) in [6.45, 7) is 4.79. The SMILES string of the molecule is CC(=O)N[C@@H](Cc1ccc(C)cc1)C(=O)NC(Cc1cncn1N)C(=O)N[C@@H](C)C=O. The minimum atomic E-state index is -1.02. The number of imidazole rings is 1. The molecule has 0 bridgehead atoms. The van der Waals surface area contributed by atoms with Gasteiger partial charge < -0.3 is 26.6 Å². The van der Waals surface area contributed by atoms with Crippen molar-refractivity contribution in [1.29, 1.82) is 0 Å². The van der Waals surface area contributed by atoms with Crippen LogP contribution < -0.4 is 21.8 Å². The van der Waals surface area contributed by atoms with Crippen LogP contribution in [0.15, 0.2) is 36.8 Å². The summed E-state index contributed by atoms with van der Waals surface area (Å²) in [5.74, 6) is 4.33. The number of carbonyl (C=O) groups is 4. The fourth-order valence-electron chi connectivity index (χ4n) is 2.95. The van der Waals surface area contributed by atoms with Crippen LogP contribution in [0.3, 0.4) is 0 Å². The molecule has 3 atom stereocenters. The number of rotatable bonds is 10. The number of aryl methyl sites for hydroxylation is 1.